The van der Waals surface area contributed by atoms with Gasteiger partial charge in [0.15, 0.2) is 0 Å². The normalized spacial score (nSPS) is 14.0. The van der Waals surface area contributed by atoms with Gasteiger partial charge >= 0.3 is 6.18 Å². The Morgan fingerprint density at radius 1 is 1.20 bits per heavy atom. The van der Waals surface area contributed by atoms with E-state index in [1.165, 1.54) is 12.1 Å². The molecule has 0 fully saturated rings. The minimum absolute atomic E-state index is 0.133. The van der Waals surface area contributed by atoms with Crippen LogP contribution in [0.1, 0.15) is 22.7 Å². The molecule has 15 heavy (non-hydrogen) atoms. The lowest BCUT2D eigenvalue weighted by Gasteiger charge is -2.20. The van der Waals surface area contributed by atoms with Gasteiger partial charge in [0, 0.05) is 0 Å². The molecule has 0 radical (unpaired) electrons. The molecule has 1 atom stereocenters. The van der Waals surface area contributed by atoms with E-state index in [0.29, 0.717) is 0 Å². The smallest absolute Gasteiger partial charge is 0.271 e. The summed E-state index contributed by atoms with van der Waals surface area (Å²) in [5.74, 6) is 4.91. The highest BCUT2D eigenvalue weighted by Crippen LogP contribution is 2.32. The molecule has 0 aliphatic rings. The summed E-state index contributed by atoms with van der Waals surface area (Å²) >= 11 is 0. The first-order valence-electron chi connectivity index (χ1n) is 4.46. The van der Waals surface area contributed by atoms with Gasteiger partial charge in [-0.3, -0.25) is 5.84 Å². The maximum absolute atomic E-state index is 12.5. The van der Waals surface area contributed by atoms with Crippen LogP contribution in [0.15, 0.2) is 18.2 Å². The molecule has 0 heterocycles. The number of benzene rings is 1. The second-order valence-corrected chi connectivity index (χ2v) is 3.48. The van der Waals surface area contributed by atoms with E-state index in [2.05, 4.69) is 0 Å². The summed E-state index contributed by atoms with van der Waals surface area (Å²) in [6.07, 6.45) is -4.38. The number of rotatable bonds is 2. The summed E-state index contributed by atoms with van der Waals surface area (Å²) in [5, 5.41) is 0. The summed E-state index contributed by atoms with van der Waals surface area (Å²) in [7, 11) is 0. The lowest BCUT2D eigenvalue weighted by atomic mass is 10.0. The Balaban J connectivity index is 3.08. The first-order valence-corrected chi connectivity index (χ1v) is 4.46. The Bertz CT molecular complexity index is 347. The van der Waals surface area contributed by atoms with Gasteiger partial charge in [0.25, 0.3) is 0 Å². The minimum atomic E-state index is -4.38. The molecular formula is C10H13F3N2. The summed E-state index contributed by atoms with van der Waals surface area (Å²) < 4.78 is 37.5. The third kappa shape index (κ3) is 2.70. The average Bonchev–Trinajstić information content (AvgIpc) is 2.10. The van der Waals surface area contributed by atoms with E-state index in [9.17, 15) is 13.2 Å². The molecule has 0 aromatic heterocycles. The molecule has 1 unspecified atom stereocenters. The van der Waals surface area contributed by atoms with E-state index in [1.54, 1.807) is 18.4 Å². The van der Waals surface area contributed by atoms with Crippen LogP contribution in [0.4, 0.5) is 13.2 Å². The number of hydrogen-bond donors (Lipinski definition) is 2. The molecule has 0 saturated carbocycles. The van der Waals surface area contributed by atoms with Crippen LogP contribution in [-0.4, -0.2) is 6.18 Å². The number of halogens is 3. The van der Waals surface area contributed by atoms with Crippen molar-refractivity contribution >= 4 is 0 Å². The lowest BCUT2D eigenvalue weighted by Crippen LogP contribution is -2.38. The Morgan fingerprint density at radius 3 is 2.20 bits per heavy atom. The molecule has 0 saturated heterocycles. The summed E-state index contributed by atoms with van der Waals surface area (Å²) in [4.78, 5) is 0. The summed E-state index contributed by atoms with van der Waals surface area (Å²) in [6.45, 7) is 3.61. The van der Waals surface area contributed by atoms with Gasteiger partial charge in [-0.05, 0) is 30.5 Å². The molecule has 5 heteroatoms. The zero-order valence-electron chi connectivity index (χ0n) is 8.52. The van der Waals surface area contributed by atoms with E-state index in [1.807, 2.05) is 6.92 Å². The van der Waals surface area contributed by atoms with E-state index in [-0.39, 0.29) is 5.56 Å². The number of aryl methyl sites for hydroxylation is 2. The van der Waals surface area contributed by atoms with Crippen molar-refractivity contribution < 1.29 is 13.2 Å². The first-order chi connectivity index (χ1) is 6.86. The van der Waals surface area contributed by atoms with Gasteiger partial charge < -0.3 is 0 Å². The van der Waals surface area contributed by atoms with Crippen LogP contribution in [0, 0.1) is 13.8 Å². The standard InChI is InChI=1S/C10H13F3N2/c1-6-3-4-8(5-7(6)2)9(15-14)10(11,12)13/h3-5,9,15H,14H2,1-2H3. The van der Waals surface area contributed by atoms with Gasteiger partial charge in [-0.2, -0.15) is 13.2 Å². The topological polar surface area (TPSA) is 38.0 Å². The maximum atomic E-state index is 12.5. The van der Waals surface area contributed by atoms with Crippen LogP contribution in [0.3, 0.4) is 0 Å². The van der Waals surface area contributed by atoms with Crippen molar-refractivity contribution in [2.24, 2.45) is 5.84 Å². The summed E-state index contributed by atoms with van der Waals surface area (Å²) in [5.41, 5.74) is 3.68. The van der Waals surface area contributed by atoms with Crippen LogP contribution in [0.25, 0.3) is 0 Å². The molecular weight excluding hydrogens is 205 g/mol. The SMILES string of the molecule is Cc1ccc(C(NN)C(F)(F)F)cc1C. The molecule has 84 valence electrons. The first kappa shape index (κ1) is 12.0. The lowest BCUT2D eigenvalue weighted by molar-refractivity contribution is -0.157. The number of nitrogens with one attached hydrogen (secondary N) is 1. The number of hydrazine groups is 1. The quantitative estimate of drug-likeness (QED) is 0.590. The Morgan fingerprint density at radius 2 is 1.80 bits per heavy atom. The van der Waals surface area contributed by atoms with Gasteiger partial charge in [-0.25, -0.2) is 5.43 Å². The number of nitrogens with two attached hydrogens (primary N) is 1. The number of alkyl halides is 3. The Kier molecular flexibility index (Phi) is 3.36. The van der Waals surface area contributed by atoms with Gasteiger partial charge in [0.05, 0.1) is 0 Å². The summed E-state index contributed by atoms with van der Waals surface area (Å²) in [6, 6.07) is 2.77. The highest BCUT2D eigenvalue weighted by molar-refractivity contribution is 5.32. The fraction of sp³-hybridized carbons (Fsp3) is 0.400. The van der Waals surface area contributed by atoms with Crippen molar-refractivity contribution in [1.82, 2.24) is 5.43 Å². The van der Waals surface area contributed by atoms with Gasteiger partial charge in [0.1, 0.15) is 6.04 Å². The van der Waals surface area contributed by atoms with E-state index < -0.39 is 12.2 Å². The van der Waals surface area contributed by atoms with Crippen LogP contribution in [0.5, 0.6) is 0 Å². The molecule has 0 amide bonds. The van der Waals surface area contributed by atoms with Gasteiger partial charge in [-0.1, -0.05) is 18.2 Å². The molecule has 2 nitrogen and oxygen atoms in total. The zero-order chi connectivity index (χ0) is 11.6. The van der Waals surface area contributed by atoms with E-state index in [4.69, 9.17) is 5.84 Å². The van der Waals surface area contributed by atoms with Crippen molar-refractivity contribution in [1.29, 1.82) is 0 Å². The van der Waals surface area contributed by atoms with Gasteiger partial charge in [-0.15, -0.1) is 0 Å². The fourth-order valence-corrected chi connectivity index (χ4v) is 1.32. The second kappa shape index (κ2) is 4.20. The van der Waals surface area contributed by atoms with Crippen LogP contribution >= 0.6 is 0 Å². The highest BCUT2D eigenvalue weighted by atomic mass is 19.4. The van der Waals surface area contributed by atoms with Crippen LogP contribution < -0.4 is 11.3 Å². The second-order valence-electron chi connectivity index (χ2n) is 3.48. The minimum Gasteiger partial charge on any atom is -0.271 e. The third-order valence-corrected chi connectivity index (χ3v) is 2.36. The zero-order valence-corrected chi connectivity index (χ0v) is 8.52. The maximum Gasteiger partial charge on any atom is 0.409 e. The van der Waals surface area contributed by atoms with Crippen molar-refractivity contribution in [3.8, 4) is 0 Å². The molecule has 0 bridgehead atoms. The van der Waals surface area contributed by atoms with Crippen molar-refractivity contribution in [2.75, 3.05) is 0 Å². The highest BCUT2D eigenvalue weighted by Gasteiger charge is 2.40. The predicted molar refractivity (Wildman–Crippen MR) is 52.0 cm³/mol. The van der Waals surface area contributed by atoms with Gasteiger partial charge in [0.2, 0.25) is 0 Å². The number of hydrogen-bond acceptors (Lipinski definition) is 2. The van der Waals surface area contributed by atoms with Crippen molar-refractivity contribution in [3.63, 3.8) is 0 Å². The largest absolute Gasteiger partial charge is 0.409 e. The van der Waals surface area contributed by atoms with Crippen molar-refractivity contribution in [3.05, 3.63) is 34.9 Å². The Hall–Kier alpha value is -1.07. The fourth-order valence-electron chi connectivity index (χ4n) is 1.32. The van der Waals surface area contributed by atoms with E-state index in [0.717, 1.165) is 11.1 Å². The molecule has 0 spiro atoms. The third-order valence-electron chi connectivity index (χ3n) is 2.36. The van der Waals surface area contributed by atoms with Crippen LogP contribution in [-0.2, 0) is 0 Å². The Labute approximate surface area is 86.2 Å². The molecule has 3 N–H and O–H groups in total. The molecule has 1 rings (SSSR count). The monoisotopic (exact) mass is 218 g/mol. The van der Waals surface area contributed by atoms with Crippen molar-refractivity contribution in [2.45, 2.75) is 26.1 Å². The van der Waals surface area contributed by atoms with Crippen LogP contribution in [0.2, 0.25) is 0 Å². The predicted octanol–water partition coefficient (Wildman–Crippen LogP) is 2.37. The molecule has 1 aromatic carbocycles. The van der Waals surface area contributed by atoms with E-state index >= 15 is 0 Å². The molecule has 0 aliphatic carbocycles. The molecule has 0 aliphatic heterocycles. The average molecular weight is 218 g/mol. The molecule has 1 aromatic rings.